The van der Waals surface area contributed by atoms with Gasteiger partial charge < -0.3 is 28.9 Å². The Hall–Kier alpha value is -3.80. The number of hydrogen-bond acceptors (Lipinski definition) is 6. The molecule has 3 aromatic rings. The first-order valence-electron chi connectivity index (χ1n) is 14.8. The average Bonchev–Trinajstić information content (AvgIpc) is 2.96. The van der Waals surface area contributed by atoms with Gasteiger partial charge >= 0.3 is 0 Å². The van der Waals surface area contributed by atoms with Crippen LogP contribution >= 0.6 is 0 Å². The lowest BCUT2D eigenvalue weighted by molar-refractivity contribution is 0.369. The summed E-state index contributed by atoms with van der Waals surface area (Å²) in [7, 11) is 0. The van der Waals surface area contributed by atoms with Crippen molar-refractivity contribution in [2.45, 2.75) is 61.3 Å². The molecule has 0 aromatic heterocycles. The van der Waals surface area contributed by atoms with Crippen molar-refractivity contribution >= 4 is 17.1 Å². The molecule has 210 valence electrons. The van der Waals surface area contributed by atoms with Gasteiger partial charge in [-0.1, -0.05) is 6.58 Å². The summed E-state index contributed by atoms with van der Waals surface area (Å²) in [5.74, 6) is 5.29. The molecule has 1 atom stereocenters. The molecule has 6 heteroatoms. The molecule has 3 heterocycles. The Labute approximate surface area is 238 Å². The second kappa shape index (κ2) is 9.69. The van der Waals surface area contributed by atoms with E-state index >= 15 is 0 Å². The lowest BCUT2D eigenvalue weighted by Crippen LogP contribution is -2.28. The van der Waals surface area contributed by atoms with Crippen LogP contribution in [0.3, 0.4) is 0 Å². The highest BCUT2D eigenvalue weighted by molar-refractivity contribution is 5.84. The smallest absolute Gasteiger partial charge is 0.140 e. The first kappa shape index (κ1) is 26.4. The Morgan fingerprint density at radius 3 is 1.27 bits per heavy atom. The second-order valence-electron chi connectivity index (χ2n) is 10.8. The van der Waals surface area contributed by atoms with Crippen molar-refractivity contribution < 1.29 is 14.2 Å². The van der Waals surface area contributed by atoms with Gasteiger partial charge in [-0.3, -0.25) is 0 Å². The molecule has 0 spiro atoms. The van der Waals surface area contributed by atoms with Gasteiger partial charge in [-0.25, -0.2) is 0 Å². The van der Waals surface area contributed by atoms with Crippen LogP contribution in [0.2, 0.25) is 0 Å². The summed E-state index contributed by atoms with van der Waals surface area (Å²) in [6.07, 6.45) is 1.88. The third-order valence-corrected chi connectivity index (χ3v) is 9.09. The summed E-state index contributed by atoms with van der Waals surface area (Å²) >= 11 is 0. The Morgan fingerprint density at radius 2 is 0.950 bits per heavy atom. The van der Waals surface area contributed by atoms with Gasteiger partial charge in [-0.2, -0.15) is 0 Å². The van der Waals surface area contributed by atoms with Gasteiger partial charge in [0.25, 0.3) is 0 Å². The zero-order valence-electron chi connectivity index (χ0n) is 25.2. The van der Waals surface area contributed by atoms with Crippen molar-refractivity contribution in [2.24, 2.45) is 0 Å². The number of rotatable bonds is 9. The minimum Gasteiger partial charge on any atom is -0.456 e. The summed E-state index contributed by atoms with van der Waals surface area (Å²) in [4.78, 5) is 6.91. The normalized spacial score (nSPS) is 14.9. The maximum Gasteiger partial charge on any atom is 0.140 e. The number of anilines is 3. The molecule has 0 saturated carbocycles. The van der Waals surface area contributed by atoms with Gasteiger partial charge in [0.2, 0.25) is 0 Å². The molecule has 6 nitrogen and oxygen atoms in total. The van der Waals surface area contributed by atoms with E-state index in [1.165, 1.54) is 0 Å². The Morgan fingerprint density at radius 1 is 0.600 bits per heavy atom. The van der Waals surface area contributed by atoms with Crippen LogP contribution in [-0.4, -0.2) is 32.7 Å². The predicted octanol–water partition coefficient (Wildman–Crippen LogP) is 8.77. The van der Waals surface area contributed by atoms with Crippen LogP contribution in [-0.2, 0) is 0 Å². The van der Waals surface area contributed by atoms with Crippen molar-refractivity contribution in [3.05, 3.63) is 64.4 Å². The molecule has 0 N–H and O–H groups in total. The summed E-state index contributed by atoms with van der Waals surface area (Å²) in [6, 6.07) is 6.63. The topological polar surface area (TPSA) is 37.4 Å². The molecule has 0 fully saturated rings. The molecule has 3 aliphatic heterocycles. The fourth-order valence-corrected chi connectivity index (χ4v) is 6.93. The Bertz CT molecular complexity index is 1520. The number of hydrogen-bond donors (Lipinski definition) is 0. The monoisotopic (exact) mass is 539 g/mol. The molecular weight excluding hydrogens is 498 g/mol. The molecule has 0 radical (unpaired) electrons. The molecule has 6 rings (SSSR count). The fourth-order valence-electron chi connectivity index (χ4n) is 6.93. The maximum atomic E-state index is 6.89. The minimum absolute atomic E-state index is 0.0169. The summed E-state index contributed by atoms with van der Waals surface area (Å²) in [6.45, 7) is 25.9. The van der Waals surface area contributed by atoms with Gasteiger partial charge in [0.1, 0.15) is 34.5 Å². The van der Waals surface area contributed by atoms with E-state index in [1.54, 1.807) is 0 Å². The zero-order chi connectivity index (χ0) is 28.5. The molecule has 0 saturated heterocycles. The van der Waals surface area contributed by atoms with E-state index in [-0.39, 0.29) is 5.92 Å². The maximum absolute atomic E-state index is 6.89. The van der Waals surface area contributed by atoms with Crippen LogP contribution in [0.5, 0.6) is 34.5 Å². The van der Waals surface area contributed by atoms with Crippen molar-refractivity contribution in [3.8, 4) is 34.5 Å². The second-order valence-corrected chi connectivity index (χ2v) is 10.8. The van der Waals surface area contributed by atoms with E-state index in [9.17, 15) is 0 Å². The van der Waals surface area contributed by atoms with E-state index in [1.807, 2.05) is 6.20 Å². The molecule has 0 bridgehead atoms. The van der Waals surface area contributed by atoms with Crippen LogP contribution in [0.25, 0.3) is 0 Å². The summed E-state index contributed by atoms with van der Waals surface area (Å²) < 4.78 is 20.6. The highest BCUT2D eigenvalue weighted by Crippen LogP contribution is 2.67. The lowest BCUT2D eigenvalue weighted by atomic mass is 9.75. The highest BCUT2D eigenvalue weighted by Gasteiger charge is 2.47. The van der Waals surface area contributed by atoms with Gasteiger partial charge in [-0.05, 0) is 61.6 Å². The first-order chi connectivity index (χ1) is 19.3. The highest BCUT2D eigenvalue weighted by atomic mass is 16.5. The zero-order valence-corrected chi connectivity index (χ0v) is 25.2. The number of ether oxygens (including phenoxy) is 3. The van der Waals surface area contributed by atoms with Crippen LogP contribution in [0.1, 0.15) is 73.9 Å². The van der Waals surface area contributed by atoms with Crippen molar-refractivity contribution in [1.82, 2.24) is 0 Å². The largest absolute Gasteiger partial charge is 0.456 e. The molecule has 3 aliphatic rings. The summed E-state index contributed by atoms with van der Waals surface area (Å²) in [5.41, 5.74) is 10.1. The SMILES string of the molecule is C=CN(CC)c1cc2c3c(c1C)Oc1cc(N(CC)CC)c(C)c4c1C3c1c(cc(N(CC)CC)c(C)c1O2)O4. The molecule has 0 amide bonds. The minimum atomic E-state index is -0.0169. The van der Waals surface area contributed by atoms with Gasteiger partial charge in [0, 0.05) is 79.0 Å². The van der Waals surface area contributed by atoms with E-state index < -0.39 is 0 Å². The van der Waals surface area contributed by atoms with Crippen LogP contribution in [0.4, 0.5) is 17.1 Å². The van der Waals surface area contributed by atoms with E-state index in [0.29, 0.717) is 0 Å². The van der Waals surface area contributed by atoms with Crippen molar-refractivity contribution in [1.29, 1.82) is 0 Å². The molecular formula is C34H41N3O3. The third kappa shape index (κ3) is 3.47. The molecule has 0 aliphatic carbocycles. The van der Waals surface area contributed by atoms with E-state index in [2.05, 4.69) is 94.9 Å². The molecule has 40 heavy (non-hydrogen) atoms. The van der Waals surface area contributed by atoms with Crippen molar-refractivity contribution in [2.75, 3.05) is 47.4 Å². The quantitative estimate of drug-likeness (QED) is 0.183. The Kier molecular flexibility index (Phi) is 6.40. The van der Waals surface area contributed by atoms with Crippen LogP contribution in [0.15, 0.2) is 31.0 Å². The van der Waals surface area contributed by atoms with E-state index in [4.69, 9.17) is 14.2 Å². The van der Waals surface area contributed by atoms with Gasteiger partial charge in [0.05, 0.1) is 28.3 Å². The van der Waals surface area contributed by atoms with E-state index in [0.717, 1.165) is 118 Å². The number of benzene rings is 3. The first-order valence-corrected chi connectivity index (χ1v) is 14.8. The van der Waals surface area contributed by atoms with Crippen molar-refractivity contribution in [3.63, 3.8) is 0 Å². The van der Waals surface area contributed by atoms with Crippen LogP contribution in [0, 0.1) is 20.8 Å². The summed E-state index contributed by atoms with van der Waals surface area (Å²) in [5, 5.41) is 0. The Balaban J connectivity index is 1.71. The van der Waals surface area contributed by atoms with Gasteiger partial charge in [-0.15, -0.1) is 0 Å². The standard InChI is InChI=1S/C34H41N3O3/c1-10-35(11-2)22-16-25-28-31-29-26(39-32(28)19(22)7)17-23(36(12-3)13-4)21(9)34(29)40-27-18-24(37(14-5)15-6)20(8)33(38-25)30(27)31/h10,16-18,31H,1,11-15H2,2-9H3. The number of nitrogens with zero attached hydrogens (tertiary/aromatic N) is 3. The van der Waals surface area contributed by atoms with Gasteiger partial charge in [0.15, 0.2) is 0 Å². The predicted molar refractivity (Wildman–Crippen MR) is 165 cm³/mol. The molecule has 1 unspecified atom stereocenters. The average molecular weight is 540 g/mol. The third-order valence-electron chi connectivity index (χ3n) is 9.09. The molecule has 3 aromatic carbocycles. The van der Waals surface area contributed by atoms with Crippen LogP contribution < -0.4 is 28.9 Å². The fraction of sp³-hybridized carbons (Fsp3) is 0.412. The lowest BCUT2D eigenvalue weighted by Gasteiger charge is -2.42.